The van der Waals surface area contributed by atoms with Crippen molar-refractivity contribution in [1.82, 2.24) is 9.97 Å². The van der Waals surface area contributed by atoms with Crippen LogP contribution >= 0.6 is 12.2 Å². The highest BCUT2D eigenvalue weighted by Crippen LogP contribution is 2.14. The van der Waals surface area contributed by atoms with E-state index in [2.05, 4.69) is 9.97 Å². The van der Waals surface area contributed by atoms with Crippen molar-refractivity contribution in [3.8, 4) is 0 Å². The Morgan fingerprint density at radius 3 is 2.50 bits per heavy atom. The fraction of sp³-hybridized carbons (Fsp3) is 0.600. The zero-order valence-corrected chi connectivity index (χ0v) is 9.46. The van der Waals surface area contributed by atoms with Gasteiger partial charge in [0.25, 0.3) is 5.56 Å². The lowest BCUT2D eigenvalue weighted by Gasteiger charge is -2.13. The maximum atomic E-state index is 11.3. The molecule has 3 nitrogen and oxygen atoms in total. The third-order valence-corrected chi connectivity index (χ3v) is 2.44. The quantitative estimate of drug-likeness (QED) is 0.648. The van der Waals surface area contributed by atoms with E-state index in [4.69, 9.17) is 12.2 Å². The van der Waals surface area contributed by atoms with E-state index in [1.807, 2.05) is 13.8 Å². The molecule has 0 atom stereocenters. The number of aromatic nitrogens is 2. The molecule has 1 heterocycles. The van der Waals surface area contributed by atoms with Gasteiger partial charge < -0.3 is 4.98 Å². The summed E-state index contributed by atoms with van der Waals surface area (Å²) in [5.74, 6) is 0. The second-order valence-corrected chi connectivity index (χ2v) is 3.48. The molecule has 0 aromatic carbocycles. The van der Waals surface area contributed by atoms with Gasteiger partial charge in [-0.2, -0.15) is 0 Å². The molecule has 0 unspecified atom stereocenters. The molecule has 2 N–H and O–H groups in total. The molecule has 1 aliphatic carbocycles. The normalized spacial score (nSPS) is 13.9. The summed E-state index contributed by atoms with van der Waals surface area (Å²) in [6.45, 7) is 4.00. The van der Waals surface area contributed by atoms with E-state index in [9.17, 15) is 4.79 Å². The van der Waals surface area contributed by atoms with Crippen LogP contribution in [0.2, 0.25) is 0 Å². The third-order valence-electron chi connectivity index (χ3n) is 2.23. The summed E-state index contributed by atoms with van der Waals surface area (Å²) in [5.41, 5.74) is 1.93. The highest BCUT2D eigenvalue weighted by Gasteiger charge is 2.12. The van der Waals surface area contributed by atoms with Crippen molar-refractivity contribution < 1.29 is 0 Å². The molecule has 0 radical (unpaired) electrons. The van der Waals surface area contributed by atoms with Crippen molar-refractivity contribution >= 4 is 12.2 Å². The molecule has 78 valence electrons. The minimum atomic E-state index is -0.00606. The van der Waals surface area contributed by atoms with Gasteiger partial charge in [0.05, 0.1) is 0 Å². The van der Waals surface area contributed by atoms with Crippen LogP contribution in [-0.4, -0.2) is 9.97 Å². The topological polar surface area (TPSA) is 48.6 Å². The first kappa shape index (κ1) is 11.2. The van der Waals surface area contributed by atoms with Crippen molar-refractivity contribution in [3.05, 3.63) is 26.4 Å². The van der Waals surface area contributed by atoms with E-state index in [0.717, 1.165) is 36.9 Å². The maximum Gasteiger partial charge on any atom is 0.255 e. The van der Waals surface area contributed by atoms with E-state index >= 15 is 0 Å². The predicted molar refractivity (Wildman–Crippen MR) is 60.2 cm³/mol. The zero-order valence-electron chi connectivity index (χ0n) is 8.64. The van der Waals surface area contributed by atoms with Crippen molar-refractivity contribution in [2.75, 3.05) is 0 Å². The molecule has 0 amide bonds. The Balaban J connectivity index is 0.000000461. The van der Waals surface area contributed by atoms with Crippen LogP contribution in [-0.2, 0) is 12.8 Å². The van der Waals surface area contributed by atoms with Gasteiger partial charge in [-0.15, -0.1) is 0 Å². The van der Waals surface area contributed by atoms with Crippen LogP contribution in [0.15, 0.2) is 4.79 Å². The number of fused-ring (bicyclic) bond motifs is 1. The van der Waals surface area contributed by atoms with Gasteiger partial charge in [-0.3, -0.25) is 9.78 Å². The number of aromatic amines is 2. The second-order valence-electron chi connectivity index (χ2n) is 3.07. The minimum Gasteiger partial charge on any atom is -0.336 e. The largest absolute Gasteiger partial charge is 0.336 e. The molecule has 14 heavy (non-hydrogen) atoms. The van der Waals surface area contributed by atoms with Crippen LogP contribution < -0.4 is 5.56 Å². The molecular formula is C10H16N2OS. The van der Waals surface area contributed by atoms with E-state index in [1.165, 1.54) is 0 Å². The lowest BCUT2D eigenvalue weighted by Crippen LogP contribution is -2.20. The molecule has 1 aromatic heterocycles. The Hall–Kier alpha value is -0.900. The minimum absolute atomic E-state index is 0.00606. The average molecular weight is 212 g/mol. The highest BCUT2D eigenvalue weighted by molar-refractivity contribution is 7.71. The number of hydrogen-bond donors (Lipinski definition) is 2. The average Bonchev–Trinajstić information content (AvgIpc) is 2.20. The Morgan fingerprint density at radius 1 is 1.14 bits per heavy atom. The molecular weight excluding hydrogens is 196 g/mol. The Morgan fingerprint density at radius 2 is 1.79 bits per heavy atom. The molecule has 0 spiro atoms. The standard InChI is InChI=1S/C8H10N2OS.C2H6/c11-7-5-3-1-2-4-6(5)9-8(12)10-7;1-2/h1-4H2,(H2,9,10,11,12);1-2H3. The van der Waals surface area contributed by atoms with Gasteiger partial charge in [-0.25, -0.2) is 0 Å². The molecule has 0 saturated heterocycles. The van der Waals surface area contributed by atoms with Gasteiger partial charge in [0.15, 0.2) is 4.77 Å². The fourth-order valence-corrected chi connectivity index (χ4v) is 1.86. The summed E-state index contributed by atoms with van der Waals surface area (Å²) in [5, 5.41) is 0. The van der Waals surface area contributed by atoms with Crippen molar-refractivity contribution in [2.45, 2.75) is 39.5 Å². The summed E-state index contributed by atoms with van der Waals surface area (Å²) in [6.07, 6.45) is 4.11. The van der Waals surface area contributed by atoms with Gasteiger partial charge in [0.2, 0.25) is 0 Å². The highest BCUT2D eigenvalue weighted by atomic mass is 32.1. The van der Waals surface area contributed by atoms with E-state index in [1.54, 1.807) is 0 Å². The Bertz CT molecular complexity index is 405. The number of nitrogens with one attached hydrogen (secondary N) is 2. The SMILES string of the molecule is CC.O=c1[nH]c(=S)[nH]c2c1CCCC2. The van der Waals surface area contributed by atoms with Crippen molar-refractivity contribution in [1.29, 1.82) is 0 Å². The van der Waals surface area contributed by atoms with Gasteiger partial charge in [0, 0.05) is 11.3 Å². The van der Waals surface area contributed by atoms with Gasteiger partial charge in [0.1, 0.15) is 0 Å². The van der Waals surface area contributed by atoms with E-state index in [0.29, 0.717) is 4.77 Å². The molecule has 0 bridgehead atoms. The lowest BCUT2D eigenvalue weighted by atomic mass is 9.97. The number of H-pyrrole nitrogens is 2. The number of aryl methyl sites for hydroxylation is 1. The summed E-state index contributed by atoms with van der Waals surface area (Å²) in [7, 11) is 0. The summed E-state index contributed by atoms with van der Waals surface area (Å²) in [6, 6.07) is 0. The molecule has 1 aliphatic rings. The smallest absolute Gasteiger partial charge is 0.255 e. The summed E-state index contributed by atoms with van der Waals surface area (Å²) >= 11 is 4.87. The Kier molecular flexibility index (Phi) is 4.07. The van der Waals surface area contributed by atoms with Crippen LogP contribution in [0.4, 0.5) is 0 Å². The van der Waals surface area contributed by atoms with Crippen LogP contribution in [0, 0.1) is 4.77 Å². The molecule has 0 fully saturated rings. The Labute approximate surface area is 88.6 Å². The van der Waals surface area contributed by atoms with Gasteiger partial charge in [-0.1, -0.05) is 13.8 Å². The van der Waals surface area contributed by atoms with Crippen LogP contribution in [0.1, 0.15) is 37.9 Å². The molecule has 2 rings (SSSR count). The van der Waals surface area contributed by atoms with Crippen LogP contribution in [0.3, 0.4) is 0 Å². The first-order chi connectivity index (χ1) is 6.77. The van der Waals surface area contributed by atoms with Gasteiger partial charge >= 0.3 is 0 Å². The molecule has 0 aliphatic heterocycles. The summed E-state index contributed by atoms with van der Waals surface area (Å²) < 4.78 is 0.445. The van der Waals surface area contributed by atoms with Gasteiger partial charge in [-0.05, 0) is 37.9 Å². The third kappa shape index (κ3) is 2.32. The van der Waals surface area contributed by atoms with Crippen LogP contribution in [0.5, 0.6) is 0 Å². The lowest BCUT2D eigenvalue weighted by molar-refractivity contribution is 0.654. The van der Waals surface area contributed by atoms with Crippen molar-refractivity contribution in [3.63, 3.8) is 0 Å². The number of rotatable bonds is 0. The molecule has 1 aromatic rings. The predicted octanol–water partition coefficient (Wildman–Crippen LogP) is 2.34. The number of hydrogen-bond acceptors (Lipinski definition) is 2. The molecule has 4 heteroatoms. The maximum absolute atomic E-state index is 11.3. The fourth-order valence-electron chi connectivity index (χ4n) is 1.64. The monoisotopic (exact) mass is 212 g/mol. The first-order valence-corrected chi connectivity index (χ1v) is 5.52. The zero-order chi connectivity index (χ0) is 10.6. The van der Waals surface area contributed by atoms with Crippen molar-refractivity contribution in [2.24, 2.45) is 0 Å². The van der Waals surface area contributed by atoms with E-state index in [-0.39, 0.29) is 5.56 Å². The van der Waals surface area contributed by atoms with Crippen LogP contribution in [0.25, 0.3) is 0 Å². The summed E-state index contributed by atoms with van der Waals surface area (Å²) in [4.78, 5) is 17.0. The molecule has 0 saturated carbocycles. The first-order valence-electron chi connectivity index (χ1n) is 5.12. The van der Waals surface area contributed by atoms with E-state index < -0.39 is 0 Å². The second kappa shape index (κ2) is 5.10.